The highest BCUT2D eigenvalue weighted by molar-refractivity contribution is 6.31. The molecule has 1 unspecified atom stereocenters. The number of benzene rings is 2. The van der Waals surface area contributed by atoms with Gasteiger partial charge in [-0.25, -0.2) is 0 Å². The zero-order chi connectivity index (χ0) is 19.6. The maximum Gasteiger partial charge on any atom is 0.258 e. The first kappa shape index (κ1) is 19.2. The Kier molecular flexibility index (Phi) is 5.71. The lowest BCUT2D eigenvalue weighted by Gasteiger charge is -2.25. The van der Waals surface area contributed by atoms with Crippen molar-refractivity contribution in [1.82, 2.24) is 4.90 Å². The number of anilines is 1. The molecule has 1 saturated heterocycles. The molecule has 1 fully saturated rings. The van der Waals surface area contributed by atoms with E-state index in [9.17, 15) is 9.59 Å². The molecule has 3 rings (SSSR count). The number of hydrogen-bond donors (Lipinski definition) is 1. The zero-order valence-electron chi connectivity index (χ0n) is 15.7. The third-order valence-electron chi connectivity index (χ3n) is 4.98. The van der Waals surface area contributed by atoms with Gasteiger partial charge in [0.15, 0.2) is 0 Å². The molecule has 2 aromatic rings. The Morgan fingerprint density at radius 2 is 1.93 bits per heavy atom. The topological polar surface area (TPSA) is 58.6 Å². The van der Waals surface area contributed by atoms with Crippen molar-refractivity contribution in [1.29, 1.82) is 0 Å². The van der Waals surface area contributed by atoms with Crippen LogP contribution in [0.2, 0.25) is 5.02 Å². The molecule has 0 radical (unpaired) electrons. The van der Waals surface area contributed by atoms with Crippen molar-refractivity contribution >= 4 is 29.1 Å². The molecular formula is C21H23ClN2O3. The fourth-order valence-electron chi connectivity index (χ4n) is 3.33. The summed E-state index contributed by atoms with van der Waals surface area (Å²) in [6.45, 7) is 4.55. The molecule has 2 amide bonds. The molecule has 0 spiro atoms. The molecule has 0 aromatic heterocycles. The Balaban J connectivity index is 1.80. The average molecular weight is 387 g/mol. The molecule has 142 valence electrons. The van der Waals surface area contributed by atoms with Crippen LogP contribution in [-0.4, -0.2) is 36.4 Å². The van der Waals surface area contributed by atoms with Crippen LogP contribution in [0.25, 0.3) is 0 Å². The van der Waals surface area contributed by atoms with Gasteiger partial charge >= 0.3 is 0 Å². The summed E-state index contributed by atoms with van der Waals surface area (Å²) in [5.74, 6) is 0.0294. The number of halogens is 1. The summed E-state index contributed by atoms with van der Waals surface area (Å²) in [6.07, 6.45) is 1.41. The van der Waals surface area contributed by atoms with Gasteiger partial charge < -0.3 is 15.0 Å². The Morgan fingerprint density at radius 1 is 1.15 bits per heavy atom. The van der Waals surface area contributed by atoms with E-state index in [1.807, 2.05) is 32.0 Å². The lowest BCUT2D eigenvalue weighted by molar-refractivity contribution is -0.119. The summed E-state index contributed by atoms with van der Waals surface area (Å²) in [6, 6.07) is 10.2. The number of hydrogen-bond acceptors (Lipinski definition) is 3. The van der Waals surface area contributed by atoms with E-state index in [1.54, 1.807) is 23.1 Å². The predicted octanol–water partition coefficient (Wildman–Crippen LogP) is 4.21. The number of aryl methyl sites for hydroxylation is 2. The van der Waals surface area contributed by atoms with Gasteiger partial charge in [-0.2, -0.15) is 0 Å². The fourth-order valence-corrected chi connectivity index (χ4v) is 3.50. The molecule has 6 heteroatoms. The number of ether oxygens (including phenoxy) is 1. The number of amides is 2. The van der Waals surface area contributed by atoms with Crippen molar-refractivity contribution in [3.05, 3.63) is 58.1 Å². The lowest BCUT2D eigenvalue weighted by Crippen LogP contribution is -2.43. The molecule has 5 nitrogen and oxygen atoms in total. The smallest absolute Gasteiger partial charge is 0.258 e. The minimum Gasteiger partial charge on any atom is -0.496 e. The summed E-state index contributed by atoms with van der Waals surface area (Å²) < 4.78 is 5.29. The number of nitrogens with zero attached hydrogens (tertiary/aromatic N) is 1. The Morgan fingerprint density at radius 3 is 2.63 bits per heavy atom. The summed E-state index contributed by atoms with van der Waals surface area (Å²) in [5, 5.41) is 3.39. The van der Waals surface area contributed by atoms with Crippen molar-refractivity contribution in [2.75, 3.05) is 19.0 Å². The minimum absolute atomic E-state index is 0.176. The first-order valence-corrected chi connectivity index (χ1v) is 9.31. The van der Waals surface area contributed by atoms with Crippen LogP contribution in [0.3, 0.4) is 0 Å². The van der Waals surface area contributed by atoms with Crippen LogP contribution < -0.4 is 10.1 Å². The van der Waals surface area contributed by atoms with Crippen LogP contribution in [0.1, 0.15) is 34.3 Å². The maximum absolute atomic E-state index is 13.1. The summed E-state index contributed by atoms with van der Waals surface area (Å²) in [5.41, 5.74) is 3.38. The van der Waals surface area contributed by atoms with Crippen LogP contribution in [0.5, 0.6) is 5.75 Å². The van der Waals surface area contributed by atoms with E-state index in [0.717, 1.165) is 17.7 Å². The third kappa shape index (κ3) is 4.08. The van der Waals surface area contributed by atoms with Gasteiger partial charge in [0.1, 0.15) is 11.8 Å². The van der Waals surface area contributed by atoms with E-state index in [-0.39, 0.29) is 11.8 Å². The van der Waals surface area contributed by atoms with Crippen molar-refractivity contribution in [2.45, 2.75) is 32.7 Å². The van der Waals surface area contributed by atoms with Gasteiger partial charge in [-0.15, -0.1) is 0 Å². The summed E-state index contributed by atoms with van der Waals surface area (Å²) in [4.78, 5) is 27.5. The number of carbonyl (C=O) groups is 2. The lowest BCUT2D eigenvalue weighted by atomic mass is 10.1. The summed E-state index contributed by atoms with van der Waals surface area (Å²) >= 11 is 6.05. The monoisotopic (exact) mass is 386 g/mol. The van der Waals surface area contributed by atoms with Gasteiger partial charge in [0.05, 0.1) is 12.7 Å². The molecule has 2 aromatic carbocycles. The van der Waals surface area contributed by atoms with E-state index in [0.29, 0.717) is 29.3 Å². The highest BCUT2D eigenvalue weighted by atomic mass is 35.5. The molecular weight excluding hydrogens is 364 g/mol. The Labute approximate surface area is 164 Å². The van der Waals surface area contributed by atoms with E-state index in [4.69, 9.17) is 16.3 Å². The number of methoxy groups -OCH3 is 1. The van der Waals surface area contributed by atoms with Gasteiger partial charge in [-0.3, -0.25) is 9.59 Å². The van der Waals surface area contributed by atoms with E-state index in [1.165, 1.54) is 12.7 Å². The molecule has 1 atom stereocenters. The standard InChI is InChI=1S/C21H23ClN2O3/c1-13-6-8-16(11-14(13)2)23-20(25)18-5-4-10-24(18)21(26)17-12-15(22)7-9-19(17)27-3/h6-9,11-12,18H,4-5,10H2,1-3H3,(H,23,25). The minimum atomic E-state index is -0.511. The molecule has 0 aliphatic carbocycles. The second kappa shape index (κ2) is 8.01. The van der Waals surface area contributed by atoms with Crippen molar-refractivity contribution in [3.8, 4) is 5.75 Å². The second-order valence-corrected chi connectivity index (χ2v) is 7.23. The van der Waals surface area contributed by atoms with Gasteiger partial charge in [-0.1, -0.05) is 17.7 Å². The molecule has 27 heavy (non-hydrogen) atoms. The fraction of sp³-hybridized carbons (Fsp3) is 0.333. The quantitative estimate of drug-likeness (QED) is 0.856. The highest BCUT2D eigenvalue weighted by Crippen LogP contribution is 2.28. The highest BCUT2D eigenvalue weighted by Gasteiger charge is 2.35. The Bertz CT molecular complexity index is 882. The molecule has 1 aliphatic rings. The number of nitrogens with one attached hydrogen (secondary N) is 1. The van der Waals surface area contributed by atoms with Crippen LogP contribution in [-0.2, 0) is 4.79 Å². The van der Waals surface area contributed by atoms with Gasteiger partial charge in [0.2, 0.25) is 5.91 Å². The number of likely N-dealkylation sites (tertiary alicyclic amines) is 1. The number of rotatable bonds is 4. The maximum atomic E-state index is 13.1. The molecule has 0 saturated carbocycles. The van der Waals surface area contributed by atoms with Crippen LogP contribution in [0, 0.1) is 13.8 Å². The number of carbonyl (C=O) groups excluding carboxylic acids is 2. The average Bonchev–Trinajstić information content (AvgIpc) is 3.14. The molecule has 1 heterocycles. The molecule has 0 bridgehead atoms. The Hall–Kier alpha value is -2.53. The van der Waals surface area contributed by atoms with Crippen molar-refractivity contribution in [2.24, 2.45) is 0 Å². The normalized spacial score (nSPS) is 16.3. The van der Waals surface area contributed by atoms with E-state index < -0.39 is 6.04 Å². The van der Waals surface area contributed by atoms with Gasteiger partial charge in [0.25, 0.3) is 5.91 Å². The molecule has 1 aliphatic heterocycles. The second-order valence-electron chi connectivity index (χ2n) is 6.79. The third-order valence-corrected chi connectivity index (χ3v) is 5.22. The SMILES string of the molecule is COc1ccc(Cl)cc1C(=O)N1CCCC1C(=O)Nc1ccc(C)c(C)c1. The predicted molar refractivity (Wildman–Crippen MR) is 107 cm³/mol. The van der Waals surface area contributed by atoms with Gasteiger partial charge in [0, 0.05) is 17.3 Å². The zero-order valence-corrected chi connectivity index (χ0v) is 16.5. The summed E-state index contributed by atoms with van der Waals surface area (Å²) in [7, 11) is 1.51. The van der Waals surface area contributed by atoms with E-state index in [2.05, 4.69) is 5.32 Å². The first-order valence-electron chi connectivity index (χ1n) is 8.93. The van der Waals surface area contributed by atoms with Crippen molar-refractivity contribution in [3.63, 3.8) is 0 Å². The van der Waals surface area contributed by atoms with Crippen LogP contribution in [0.15, 0.2) is 36.4 Å². The van der Waals surface area contributed by atoms with Crippen molar-refractivity contribution < 1.29 is 14.3 Å². The molecule has 1 N–H and O–H groups in total. The van der Waals surface area contributed by atoms with Crippen LogP contribution >= 0.6 is 11.6 Å². The largest absolute Gasteiger partial charge is 0.496 e. The first-order chi connectivity index (χ1) is 12.9. The van der Waals surface area contributed by atoms with Gasteiger partial charge in [-0.05, 0) is 68.1 Å². The van der Waals surface area contributed by atoms with Crippen LogP contribution in [0.4, 0.5) is 5.69 Å². The van der Waals surface area contributed by atoms with E-state index >= 15 is 0 Å².